The first-order valence-electron chi connectivity index (χ1n) is 8.24. The molecule has 122 valence electrons. The summed E-state index contributed by atoms with van der Waals surface area (Å²) in [5, 5.41) is 0.860. The van der Waals surface area contributed by atoms with Crippen LogP contribution in [0.15, 0.2) is 47.3 Å². The molecular formula is C19H19N3O2. The smallest absolute Gasteiger partial charge is 0.270 e. The number of aryl methyl sites for hydroxylation is 1. The van der Waals surface area contributed by atoms with Gasteiger partial charge in [-0.25, -0.2) is 0 Å². The van der Waals surface area contributed by atoms with E-state index in [2.05, 4.69) is 4.98 Å². The third-order valence-electron chi connectivity index (χ3n) is 4.56. The highest BCUT2D eigenvalue weighted by Crippen LogP contribution is 2.20. The first kappa shape index (κ1) is 14.8. The molecule has 24 heavy (non-hydrogen) atoms. The minimum Gasteiger partial charge on any atom is -0.337 e. The van der Waals surface area contributed by atoms with Gasteiger partial charge in [-0.15, -0.1) is 0 Å². The van der Waals surface area contributed by atoms with Gasteiger partial charge in [0, 0.05) is 24.5 Å². The van der Waals surface area contributed by atoms with Gasteiger partial charge in [0.1, 0.15) is 11.3 Å². The lowest BCUT2D eigenvalue weighted by Crippen LogP contribution is -2.27. The van der Waals surface area contributed by atoms with E-state index in [1.54, 1.807) is 16.7 Å². The molecule has 1 N–H and O–H groups in total. The Labute approximate surface area is 139 Å². The Balaban J connectivity index is 1.86. The molecule has 0 spiro atoms. The van der Waals surface area contributed by atoms with E-state index in [0.29, 0.717) is 11.3 Å². The highest BCUT2D eigenvalue weighted by Gasteiger charge is 2.21. The lowest BCUT2D eigenvalue weighted by atomic mass is 10.2. The van der Waals surface area contributed by atoms with Crippen molar-refractivity contribution in [2.45, 2.75) is 19.8 Å². The summed E-state index contributed by atoms with van der Waals surface area (Å²) in [5.41, 5.74) is 2.97. The van der Waals surface area contributed by atoms with Crippen molar-refractivity contribution in [2.75, 3.05) is 13.1 Å². The molecule has 0 unspecified atom stereocenters. The van der Waals surface area contributed by atoms with E-state index in [1.807, 2.05) is 42.2 Å². The summed E-state index contributed by atoms with van der Waals surface area (Å²) in [6.45, 7) is 3.60. The van der Waals surface area contributed by atoms with Crippen LogP contribution < -0.4 is 5.56 Å². The van der Waals surface area contributed by atoms with Crippen molar-refractivity contribution in [3.63, 3.8) is 0 Å². The zero-order valence-corrected chi connectivity index (χ0v) is 13.6. The predicted octanol–water partition coefficient (Wildman–Crippen LogP) is 2.86. The van der Waals surface area contributed by atoms with Crippen molar-refractivity contribution >= 4 is 16.9 Å². The van der Waals surface area contributed by atoms with Crippen LogP contribution >= 0.6 is 0 Å². The number of likely N-dealkylation sites (tertiary alicyclic amines) is 1. The Morgan fingerprint density at radius 2 is 1.88 bits per heavy atom. The van der Waals surface area contributed by atoms with E-state index in [9.17, 15) is 9.59 Å². The number of aromatic nitrogens is 2. The van der Waals surface area contributed by atoms with Gasteiger partial charge >= 0.3 is 0 Å². The molecule has 1 aliphatic rings. The maximum Gasteiger partial charge on any atom is 0.270 e. The van der Waals surface area contributed by atoms with Crippen LogP contribution in [-0.4, -0.2) is 33.4 Å². The molecule has 1 amide bonds. The number of benzene rings is 1. The minimum atomic E-state index is -0.116. The second-order valence-electron chi connectivity index (χ2n) is 6.33. The first-order valence-corrected chi connectivity index (χ1v) is 8.24. The molecule has 5 heteroatoms. The van der Waals surface area contributed by atoms with E-state index >= 15 is 0 Å². The maximum atomic E-state index is 12.6. The van der Waals surface area contributed by atoms with Gasteiger partial charge in [0.15, 0.2) is 0 Å². The third-order valence-corrected chi connectivity index (χ3v) is 4.56. The fourth-order valence-corrected chi connectivity index (χ4v) is 3.35. The van der Waals surface area contributed by atoms with Crippen molar-refractivity contribution < 1.29 is 4.79 Å². The topological polar surface area (TPSA) is 58.1 Å². The zero-order chi connectivity index (χ0) is 16.7. The van der Waals surface area contributed by atoms with Gasteiger partial charge < -0.3 is 9.88 Å². The first-order chi connectivity index (χ1) is 11.6. The van der Waals surface area contributed by atoms with Gasteiger partial charge in [-0.2, -0.15) is 0 Å². The van der Waals surface area contributed by atoms with E-state index in [0.717, 1.165) is 42.6 Å². The van der Waals surface area contributed by atoms with E-state index in [4.69, 9.17) is 0 Å². The van der Waals surface area contributed by atoms with Crippen LogP contribution in [0.5, 0.6) is 0 Å². The molecule has 3 aromatic rings. The number of aromatic amines is 1. The molecule has 0 radical (unpaired) electrons. The molecule has 0 atom stereocenters. The van der Waals surface area contributed by atoms with Crippen LogP contribution in [0.1, 0.15) is 28.9 Å². The fourth-order valence-electron chi connectivity index (χ4n) is 3.35. The molecule has 0 aliphatic carbocycles. The standard InChI is InChI=1S/C19H19N3O2/c1-13-5-4-6-15(11-13)22-17(23)8-7-14-12-16(20-18(14)22)19(24)21-9-2-3-10-21/h4-8,11-12,20H,2-3,9-10H2,1H3. The van der Waals surface area contributed by atoms with Crippen molar-refractivity contribution in [1.29, 1.82) is 0 Å². The number of H-pyrrole nitrogens is 1. The number of pyridine rings is 1. The van der Waals surface area contributed by atoms with Gasteiger partial charge in [0.25, 0.3) is 11.5 Å². The normalized spacial score (nSPS) is 14.5. The molecule has 1 aromatic carbocycles. The van der Waals surface area contributed by atoms with Crippen molar-refractivity contribution in [2.24, 2.45) is 0 Å². The molecule has 2 aromatic heterocycles. The molecular weight excluding hydrogens is 302 g/mol. The molecule has 1 saturated heterocycles. The number of hydrogen-bond donors (Lipinski definition) is 1. The summed E-state index contributed by atoms with van der Waals surface area (Å²) < 4.78 is 1.63. The largest absolute Gasteiger partial charge is 0.337 e. The molecule has 5 nitrogen and oxygen atoms in total. The number of amides is 1. The summed E-state index contributed by atoms with van der Waals surface area (Å²) >= 11 is 0. The quantitative estimate of drug-likeness (QED) is 0.789. The van der Waals surface area contributed by atoms with Gasteiger partial charge in [-0.05, 0) is 49.6 Å². The molecule has 1 aliphatic heterocycles. The minimum absolute atomic E-state index is 0.00643. The summed E-state index contributed by atoms with van der Waals surface area (Å²) in [6.07, 6.45) is 2.11. The van der Waals surface area contributed by atoms with E-state index < -0.39 is 0 Å². The Morgan fingerprint density at radius 1 is 1.08 bits per heavy atom. The monoisotopic (exact) mass is 321 g/mol. The van der Waals surface area contributed by atoms with Crippen molar-refractivity contribution in [3.8, 4) is 5.69 Å². The van der Waals surface area contributed by atoms with Gasteiger partial charge in [-0.1, -0.05) is 12.1 Å². The lowest BCUT2D eigenvalue weighted by Gasteiger charge is -2.13. The molecule has 3 heterocycles. The summed E-state index contributed by atoms with van der Waals surface area (Å²) in [4.78, 5) is 30.1. The number of rotatable bonds is 2. The van der Waals surface area contributed by atoms with Crippen LogP contribution in [0, 0.1) is 6.92 Å². The number of carbonyl (C=O) groups excluding carboxylic acids is 1. The van der Waals surface area contributed by atoms with Crippen molar-refractivity contribution in [3.05, 3.63) is 64.1 Å². The van der Waals surface area contributed by atoms with E-state index in [-0.39, 0.29) is 11.5 Å². The SMILES string of the molecule is Cc1cccc(-n2c(=O)ccc3cc(C(=O)N4CCCC4)[nH]c32)c1. The average Bonchev–Trinajstić information content (AvgIpc) is 3.23. The molecule has 1 fully saturated rings. The Kier molecular flexibility index (Phi) is 3.49. The van der Waals surface area contributed by atoms with Gasteiger partial charge in [-0.3, -0.25) is 14.2 Å². The molecule has 0 saturated carbocycles. The van der Waals surface area contributed by atoms with Crippen LogP contribution in [0.3, 0.4) is 0 Å². The fraction of sp³-hybridized carbons (Fsp3) is 0.263. The highest BCUT2D eigenvalue weighted by molar-refractivity contribution is 5.97. The summed E-state index contributed by atoms with van der Waals surface area (Å²) in [5.74, 6) is 0.00643. The molecule has 4 rings (SSSR count). The number of fused-ring (bicyclic) bond motifs is 1. The maximum absolute atomic E-state index is 12.6. The van der Waals surface area contributed by atoms with Crippen LogP contribution in [0.4, 0.5) is 0 Å². The van der Waals surface area contributed by atoms with Gasteiger partial charge in [0.05, 0.1) is 5.69 Å². The predicted molar refractivity (Wildman–Crippen MR) is 93.8 cm³/mol. The van der Waals surface area contributed by atoms with Crippen molar-refractivity contribution in [1.82, 2.24) is 14.5 Å². The van der Waals surface area contributed by atoms with E-state index in [1.165, 1.54) is 0 Å². The second kappa shape index (κ2) is 5.67. The van der Waals surface area contributed by atoms with Crippen LogP contribution in [0.2, 0.25) is 0 Å². The summed E-state index contributed by atoms with van der Waals surface area (Å²) in [6, 6.07) is 12.9. The number of carbonyl (C=O) groups is 1. The lowest BCUT2D eigenvalue weighted by molar-refractivity contribution is 0.0788. The molecule has 0 bridgehead atoms. The highest BCUT2D eigenvalue weighted by atomic mass is 16.2. The number of nitrogens with zero attached hydrogens (tertiary/aromatic N) is 2. The Bertz CT molecular complexity index is 978. The number of nitrogens with one attached hydrogen (secondary N) is 1. The average molecular weight is 321 g/mol. The number of hydrogen-bond acceptors (Lipinski definition) is 2. The zero-order valence-electron chi connectivity index (χ0n) is 13.6. The van der Waals surface area contributed by atoms with Gasteiger partial charge in [0.2, 0.25) is 0 Å². The third kappa shape index (κ3) is 2.42. The Morgan fingerprint density at radius 3 is 2.62 bits per heavy atom. The second-order valence-corrected chi connectivity index (χ2v) is 6.33. The summed E-state index contributed by atoms with van der Waals surface area (Å²) in [7, 11) is 0. The van der Waals surface area contributed by atoms with Crippen LogP contribution in [0.25, 0.3) is 16.7 Å². The Hall–Kier alpha value is -2.82. The van der Waals surface area contributed by atoms with Crippen LogP contribution in [-0.2, 0) is 0 Å².